The molecule has 0 spiro atoms. The molecule has 1 heterocycles. The van der Waals surface area contributed by atoms with E-state index in [9.17, 15) is 9.59 Å². The number of esters is 2. The van der Waals surface area contributed by atoms with Gasteiger partial charge < -0.3 is 14.2 Å². The normalized spacial score (nSPS) is 14.6. The maximum absolute atomic E-state index is 12.2. The Morgan fingerprint density at radius 1 is 1.11 bits per heavy atom. The summed E-state index contributed by atoms with van der Waals surface area (Å²) < 4.78 is 16.0. The van der Waals surface area contributed by atoms with E-state index in [-0.39, 0.29) is 11.6 Å². The first kappa shape index (κ1) is 19.4. The minimum absolute atomic E-state index is 0.191. The molecule has 0 amide bonds. The lowest BCUT2D eigenvalue weighted by atomic mass is 10.1. The van der Waals surface area contributed by atoms with Crippen molar-refractivity contribution in [3.05, 3.63) is 64.3 Å². The molecular formula is C22H21NO5. The minimum atomic E-state index is -0.518. The summed E-state index contributed by atoms with van der Waals surface area (Å²) in [6.45, 7) is 7.57. The number of carbonyl (C=O) groups excluding carboxylic acids is 2. The van der Waals surface area contributed by atoms with Gasteiger partial charge >= 0.3 is 11.9 Å². The molecule has 0 atom stereocenters. The third-order valence-electron chi connectivity index (χ3n) is 4.20. The van der Waals surface area contributed by atoms with Gasteiger partial charge in [0.15, 0.2) is 17.2 Å². The summed E-state index contributed by atoms with van der Waals surface area (Å²) in [6.07, 6.45) is 1.61. The molecule has 28 heavy (non-hydrogen) atoms. The number of hydrogen-bond donors (Lipinski definition) is 0. The largest absolute Gasteiger partial charge is 0.490 e. The van der Waals surface area contributed by atoms with Gasteiger partial charge in [0.2, 0.25) is 5.90 Å². The second kappa shape index (κ2) is 8.08. The van der Waals surface area contributed by atoms with Gasteiger partial charge in [-0.15, -0.1) is 0 Å². The van der Waals surface area contributed by atoms with E-state index >= 15 is 0 Å². The molecule has 1 aliphatic heterocycles. The van der Waals surface area contributed by atoms with Crippen molar-refractivity contribution in [1.82, 2.24) is 0 Å². The number of benzene rings is 2. The van der Waals surface area contributed by atoms with Crippen LogP contribution in [0.3, 0.4) is 0 Å². The fourth-order valence-electron chi connectivity index (χ4n) is 2.69. The molecule has 6 nitrogen and oxygen atoms in total. The molecule has 1 aliphatic rings. The van der Waals surface area contributed by atoms with Gasteiger partial charge in [0.05, 0.1) is 6.61 Å². The van der Waals surface area contributed by atoms with Crippen LogP contribution < -0.4 is 9.47 Å². The zero-order chi connectivity index (χ0) is 20.3. The summed E-state index contributed by atoms with van der Waals surface area (Å²) in [4.78, 5) is 27.8. The molecule has 2 aromatic rings. The number of hydrogen-bond acceptors (Lipinski definition) is 6. The number of cyclic esters (lactones) is 1. The number of aryl methyl sites for hydroxylation is 2. The summed E-state index contributed by atoms with van der Waals surface area (Å²) in [5.74, 6) is 0.0619. The highest BCUT2D eigenvalue weighted by Gasteiger charge is 2.24. The van der Waals surface area contributed by atoms with Crippen molar-refractivity contribution in [2.24, 2.45) is 4.99 Å². The lowest BCUT2D eigenvalue weighted by Gasteiger charge is -2.10. The highest BCUT2D eigenvalue weighted by molar-refractivity contribution is 6.12. The van der Waals surface area contributed by atoms with Crippen LogP contribution in [0.5, 0.6) is 11.5 Å². The molecule has 0 fully saturated rings. The van der Waals surface area contributed by atoms with Crippen molar-refractivity contribution in [1.29, 1.82) is 0 Å². The third-order valence-corrected chi connectivity index (χ3v) is 4.20. The molecule has 6 heteroatoms. The Morgan fingerprint density at radius 3 is 2.57 bits per heavy atom. The van der Waals surface area contributed by atoms with Crippen molar-refractivity contribution in [2.45, 2.75) is 27.7 Å². The van der Waals surface area contributed by atoms with Gasteiger partial charge in [-0.1, -0.05) is 12.1 Å². The Bertz CT molecular complexity index is 1000. The molecule has 3 rings (SSSR count). The highest BCUT2D eigenvalue weighted by atomic mass is 16.6. The zero-order valence-electron chi connectivity index (χ0n) is 16.2. The van der Waals surface area contributed by atoms with Crippen LogP contribution in [0, 0.1) is 13.8 Å². The zero-order valence-corrected chi connectivity index (χ0v) is 16.2. The summed E-state index contributed by atoms with van der Waals surface area (Å²) in [7, 11) is 0. The van der Waals surface area contributed by atoms with Gasteiger partial charge in [0.1, 0.15) is 0 Å². The first-order valence-electron chi connectivity index (χ1n) is 8.93. The van der Waals surface area contributed by atoms with Gasteiger partial charge in [0, 0.05) is 12.5 Å². The van der Waals surface area contributed by atoms with E-state index in [1.165, 1.54) is 6.92 Å². The van der Waals surface area contributed by atoms with E-state index in [0.717, 1.165) is 16.7 Å². The molecule has 0 saturated carbocycles. The Kier molecular flexibility index (Phi) is 5.59. The number of ether oxygens (including phenoxy) is 3. The van der Waals surface area contributed by atoms with Crippen molar-refractivity contribution < 1.29 is 23.8 Å². The van der Waals surface area contributed by atoms with Crippen LogP contribution in [0.15, 0.2) is 47.1 Å². The predicted molar refractivity (Wildman–Crippen MR) is 105 cm³/mol. The fraction of sp³-hybridized carbons (Fsp3) is 0.227. The van der Waals surface area contributed by atoms with Crippen molar-refractivity contribution in [3.63, 3.8) is 0 Å². The molecule has 0 N–H and O–H groups in total. The van der Waals surface area contributed by atoms with Crippen LogP contribution in [0.1, 0.15) is 36.1 Å². The quantitative estimate of drug-likeness (QED) is 0.446. The SMILES string of the molecule is CCOc1cc(/C=C2\N=C(c3ccc(C)c(C)c3)OC2=O)ccc1OC(C)=O. The highest BCUT2D eigenvalue weighted by Crippen LogP contribution is 2.30. The number of rotatable bonds is 5. The number of aliphatic imine (C=N–C) groups is 1. The van der Waals surface area contributed by atoms with E-state index in [4.69, 9.17) is 14.2 Å². The van der Waals surface area contributed by atoms with Crippen molar-refractivity contribution >= 4 is 23.9 Å². The topological polar surface area (TPSA) is 74.2 Å². The summed E-state index contributed by atoms with van der Waals surface area (Å²) in [6, 6.07) is 10.8. The molecule has 0 aliphatic carbocycles. The van der Waals surface area contributed by atoms with Crippen LogP contribution in [0.4, 0.5) is 0 Å². The minimum Gasteiger partial charge on any atom is -0.490 e. The first-order chi connectivity index (χ1) is 13.4. The molecule has 0 bridgehead atoms. The van der Waals surface area contributed by atoms with Crippen molar-refractivity contribution in [2.75, 3.05) is 6.61 Å². The van der Waals surface area contributed by atoms with E-state index < -0.39 is 11.9 Å². The van der Waals surface area contributed by atoms with E-state index in [0.29, 0.717) is 23.7 Å². The number of carbonyl (C=O) groups is 2. The Balaban J connectivity index is 1.92. The summed E-state index contributed by atoms with van der Waals surface area (Å²) in [5, 5.41) is 0. The molecule has 0 aromatic heterocycles. The van der Waals surface area contributed by atoms with Crippen LogP contribution in [-0.4, -0.2) is 24.4 Å². The average Bonchev–Trinajstić information content (AvgIpc) is 3.00. The van der Waals surface area contributed by atoms with Gasteiger partial charge in [0.25, 0.3) is 0 Å². The standard InChI is InChI=1S/C22H21NO5/c1-5-26-20-12-16(7-9-19(20)27-15(4)24)11-18-22(25)28-21(23-18)17-8-6-13(2)14(3)10-17/h6-12H,5H2,1-4H3/b18-11-. The molecule has 144 valence electrons. The molecular weight excluding hydrogens is 358 g/mol. The number of nitrogens with zero attached hydrogens (tertiary/aromatic N) is 1. The third kappa shape index (κ3) is 4.28. The second-order valence-electron chi connectivity index (χ2n) is 6.37. The molecule has 0 saturated heterocycles. The lowest BCUT2D eigenvalue weighted by Crippen LogP contribution is -2.06. The fourth-order valence-corrected chi connectivity index (χ4v) is 2.69. The van der Waals surface area contributed by atoms with Crippen LogP contribution in [0.2, 0.25) is 0 Å². The Labute approximate surface area is 163 Å². The van der Waals surface area contributed by atoms with Gasteiger partial charge in [-0.05, 0) is 67.8 Å². The van der Waals surface area contributed by atoms with Gasteiger partial charge in [-0.2, -0.15) is 0 Å². The van der Waals surface area contributed by atoms with Crippen molar-refractivity contribution in [3.8, 4) is 11.5 Å². The Morgan fingerprint density at radius 2 is 1.89 bits per heavy atom. The first-order valence-corrected chi connectivity index (χ1v) is 8.93. The van der Waals surface area contributed by atoms with Crippen LogP contribution in [0.25, 0.3) is 6.08 Å². The second-order valence-corrected chi connectivity index (χ2v) is 6.37. The maximum Gasteiger partial charge on any atom is 0.363 e. The smallest absolute Gasteiger partial charge is 0.363 e. The van der Waals surface area contributed by atoms with Gasteiger partial charge in [-0.3, -0.25) is 4.79 Å². The average molecular weight is 379 g/mol. The monoisotopic (exact) mass is 379 g/mol. The summed E-state index contributed by atoms with van der Waals surface area (Å²) >= 11 is 0. The van der Waals surface area contributed by atoms with E-state index in [2.05, 4.69) is 4.99 Å². The maximum atomic E-state index is 12.2. The predicted octanol–water partition coefficient (Wildman–Crippen LogP) is 3.97. The van der Waals surface area contributed by atoms with Crippen LogP contribution in [-0.2, 0) is 14.3 Å². The van der Waals surface area contributed by atoms with E-state index in [1.54, 1.807) is 24.3 Å². The van der Waals surface area contributed by atoms with Crippen LogP contribution >= 0.6 is 0 Å². The van der Waals surface area contributed by atoms with E-state index in [1.807, 2.05) is 39.0 Å². The Hall–Kier alpha value is -3.41. The molecule has 0 unspecified atom stereocenters. The van der Waals surface area contributed by atoms with Gasteiger partial charge in [-0.25, -0.2) is 9.79 Å². The molecule has 2 aromatic carbocycles. The molecule has 0 radical (unpaired) electrons. The lowest BCUT2D eigenvalue weighted by molar-refractivity contribution is -0.132. The summed E-state index contributed by atoms with van der Waals surface area (Å²) in [5.41, 5.74) is 3.87.